The molecule has 0 spiro atoms. The van der Waals surface area contributed by atoms with Crippen LogP contribution in [0, 0.1) is 6.92 Å². The summed E-state index contributed by atoms with van der Waals surface area (Å²) in [5.74, 6) is 0.360. The van der Waals surface area contributed by atoms with Crippen LogP contribution in [0.15, 0.2) is 36.4 Å². The molecule has 0 aliphatic carbocycles. The van der Waals surface area contributed by atoms with E-state index in [9.17, 15) is 5.11 Å². The van der Waals surface area contributed by atoms with Crippen LogP contribution in [0.1, 0.15) is 54.6 Å². The van der Waals surface area contributed by atoms with E-state index in [-0.39, 0.29) is 11.5 Å². The molecule has 116 valence electrons. The fourth-order valence-corrected chi connectivity index (χ4v) is 3.26. The summed E-state index contributed by atoms with van der Waals surface area (Å²) in [5.41, 5.74) is 6.67. The first-order chi connectivity index (χ1) is 10.3. The molecule has 1 aliphatic rings. The number of benzene rings is 2. The Labute approximate surface area is 133 Å². The van der Waals surface area contributed by atoms with Crippen LogP contribution < -0.4 is 5.32 Å². The highest BCUT2D eigenvalue weighted by Gasteiger charge is 2.23. The topological polar surface area (TPSA) is 32.3 Å². The summed E-state index contributed by atoms with van der Waals surface area (Å²) >= 11 is 0. The van der Waals surface area contributed by atoms with Gasteiger partial charge in [0.2, 0.25) is 0 Å². The summed E-state index contributed by atoms with van der Waals surface area (Å²) in [5, 5.41) is 13.4. The lowest BCUT2D eigenvalue weighted by Gasteiger charge is -2.29. The molecule has 1 atom stereocenters. The Hall–Kier alpha value is -1.80. The van der Waals surface area contributed by atoms with E-state index in [4.69, 9.17) is 0 Å². The zero-order valence-corrected chi connectivity index (χ0v) is 13.9. The van der Waals surface area contributed by atoms with Crippen molar-refractivity contribution in [3.05, 3.63) is 64.2 Å². The minimum Gasteiger partial charge on any atom is -0.508 e. The monoisotopic (exact) mass is 295 g/mol. The summed E-state index contributed by atoms with van der Waals surface area (Å²) in [7, 11) is 0. The number of aryl methyl sites for hydroxylation is 1. The van der Waals surface area contributed by atoms with Crippen LogP contribution in [-0.4, -0.2) is 11.7 Å². The average Bonchev–Trinajstić information content (AvgIpc) is 2.44. The molecule has 3 rings (SSSR count). The van der Waals surface area contributed by atoms with Crippen LogP contribution in [0.3, 0.4) is 0 Å². The molecule has 0 aromatic heterocycles. The summed E-state index contributed by atoms with van der Waals surface area (Å²) in [4.78, 5) is 0. The minimum absolute atomic E-state index is 0.146. The van der Waals surface area contributed by atoms with Gasteiger partial charge >= 0.3 is 0 Å². The molecule has 1 aliphatic heterocycles. The molecular weight excluding hydrogens is 270 g/mol. The summed E-state index contributed by atoms with van der Waals surface area (Å²) in [6.07, 6.45) is 0.970. The molecule has 2 aromatic carbocycles. The first-order valence-corrected chi connectivity index (χ1v) is 8.02. The minimum atomic E-state index is 0.146. The number of nitrogens with one attached hydrogen (secondary N) is 1. The van der Waals surface area contributed by atoms with Gasteiger partial charge in [-0.2, -0.15) is 0 Å². The fraction of sp³-hybridized carbons (Fsp3) is 0.400. The summed E-state index contributed by atoms with van der Waals surface area (Å²) in [6, 6.07) is 12.8. The molecule has 0 bridgehead atoms. The van der Waals surface area contributed by atoms with Crippen molar-refractivity contribution in [2.75, 3.05) is 6.54 Å². The first-order valence-electron chi connectivity index (χ1n) is 8.02. The van der Waals surface area contributed by atoms with Gasteiger partial charge in [0.05, 0.1) is 6.04 Å². The second-order valence-electron chi connectivity index (χ2n) is 7.40. The maximum absolute atomic E-state index is 9.72. The molecule has 2 heteroatoms. The van der Waals surface area contributed by atoms with Gasteiger partial charge in [-0.25, -0.2) is 0 Å². The van der Waals surface area contributed by atoms with Gasteiger partial charge in [-0.15, -0.1) is 0 Å². The number of aromatic hydroxyl groups is 1. The van der Waals surface area contributed by atoms with Gasteiger partial charge in [0.25, 0.3) is 0 Å². The fourth-order valence-electron chi connectivity index (χ4n) is 3.26. The zero-order valence-electron chi connectivity index (χ0n) is 13.9. The van der Waals surface area contributed by atoms with Crippen molar-refractivity contribution in [1.29, 1.82) is 0 Å². The van der Waals surface area contributed by atoms with Crippen molar-refractivity contribution in [3.8, 4) is 5.75 Å². The van der Waals surface area contributed by atoms with Gasteiger partial charge in [-0.1, -0.05) is 50.6 Å². The third kappa shape index (κ3) is 2.89. The Morgan fingerprint density at radius 3 is 2.59 bits per heavy atom. The number of phenolic OH excluding ortho intramolecular Hbond substituents is 1. The van der Waals surface area contributed by atoms with E-state index >= 15 is 0 Å². The summed E-state index contributed by atoms with van der Waals surface area (Å²) < 4.78 is 0. The molecule has 1 unspecified atom stereocenters. The molecule has 0 amide bonds. The van der Waals surface area contributed by atoms with Crippen LogP contribution in [0.4, 0.5) is 0 Å². The highest BCUT2D eigenvalue weighted by molar-refractivity contribution is 5.45. The van der Waals surface area contributed by atoms with Gasteiger partial charge in [0.1, 0.15) is 5.75 Å². The zero-order chi connectivity index (χ0) is 15.9. The maximum Gasteiger partial charge on any atom is 0.115 e. The lowest BCUT2D eigenvalue weighted by atomic mass is 9.82. The van der Waals surface area contributed by atoms with Crippen molar-refractivity contribution in [2.24, 2.45) is 0 Å². The number of hydrogen-bond donors (Lipinski definition) is 2. The van der Waals surface area contributed by atoms with Crippen molar-refractivity contribution >= 4 is 0 Å². The molecule has 0 fully saturated rings. The van der Waals surface area contributed by atoms with E-state index in [0.29, 0.717) is 5.75 Å². The lowest BCUT2D eigenvalue weighted by Crippen LogP contribution is -2.30. The van der Waals surface area contributed by atoms with Crippen molar-refractivity contribution in [1.82, 2.24) is 5.32 Å². The van der Waals surface area contributed by atoms with Gasteiger partial charge in [-0.3, -0.25) is 0 Å². The average molecular weight is 295 g/mol. The molecule has 0 saturated carbocycles. The standard InChI is InChI=1S/C20H25NO/c1-13-9-15(11-16(10-13)20(2,3)4)19-18-6-5-17(22)12-14(18)7-8-21-19/h5-6,9-12,19,21-22H,7-8H2,1-4H3. The lowest BCUT2D eigenvalue weighted by molar-refractivity contribution is 0.471. The largest absolute Gasteiger partial charge is 0.508 e. The van der Waals surface area contributed by atoms with Crippen molar-refractivity contribution in [3.63, 3.8) is 0 Å². The van der Waals surface area contributed by atoms with Gasteiger partial charge in [-0.05, 0) is 53.1 Å². The van der Waals surface area contributed by atoms with Gasteiger partial charge in [0.15, 0.2) is 0 Å². The van der Waals surface area contributed by atoms with Crippen molar-refractivity contribution in [2.45, 2.75) is 45.6 Å². The van der Waals surface area contributed by atoms with Crippen LogP contribution in [-0.2, 0) is 11.8 Å². The molecule has 0 saturated heterocycles. The third-order valence-electron chi connectivity index (χ3n) is 4.48. The third-order valence-corrected chi connectivity index (χ3v) is 4.48. The number of hydrogen-bond acceptors (Lipinski definition) is 2. The molecule has 2 N–H and O–H groups in total. The highest BCUT2D eigenvalue weighted by atomic mass is 16.3. The first kappa shape index (κ1) is 15.1. The van der Waals surface area contributed by atoms with Crippen LogP contribution in [0.2, 0.25) is 0 Å². The summed E-state index contributed by atoms with van der Waals surface area (Å²) in [6.45, 7) is 9.88. The van der Waals surface area contributed by atoms with E-state index in [2.05, 4.69) is 57.3 Å². The predicted octanol–water partition coefficient (Wildman–Crippen LogP) is 4.23. The number of phenols is 1. The van der Waals surface area contributed by atoms with E-state index in [1.165, 1.54) is 27.8 Å². The maximum atomic E-state index is 9.72. The predicted molar refractivity (Wildman–Crippen MR) is 91.5 cm³/mol. The normalized spacial score (nSPS) is 18.1. The van der Waals surface area contributed by atoms with Crippen LogP contribution in [0.5, 0.6) is 5.75 Å². The number of rotatable bonds is 1. The van der Waals surface area contributed by atoms with E-state index < -0.39 is 0 Å². The van der Waals surface area contributed by atoms with E-state index in [1.54, 1.807) is 6.07 Å². The molecule has 2 nitrogen and oxygen atoms in total. The molecule has 22 heavy (non-hydrogen) atoms. The Bertz CT molecular complexity index is 697. The number of fused-ring (bicyclic) bond motifs is 1. The van der Waals surface area contributed by atoms with E-state index in [1.807, 2.05) is 6.07 Å². The Morgan fingerprint density at radius 1 is 1.09 bits per heavy atom. The highest BCUT2D eigenvalue weighted by Crippen LogP contribution is 2.33. The smallest absolute Gasteiger partial charge is 0.115 e. The SMILES string of the molecule is Cc1cc(C2NCCc3cc(O)ccc32)cc(C(C)(C)C)c1. The second-order valence-corrected chi connectivity index (χ2v) is 7.40. The Kier molecular flexibility index (Phi) is 3.73. The van der Waals surface area contributed by atoms with Crippen molar-refractivity contribution < 1.29 is 5.11 Å². The van der Waals surface area contributed by atoms with Gasteiger partial charge in [0, 0.05) is 6.54 Å². The van der Waals surface area contributed by atoms with Gasteiger partial charge < -0.3 is 10.4 Å². The molecular formula is C20H25NO. The Morgan fingerprint density at radius 2 is 1.86 bits per heavy atom. The quantitative estimate of drug-likeness (QED) is 0.825. The van der Waals surface area contributed by atoms with Crippen LogP contribution in [0.25, 0.3) is 0 Å². The molecule has 2 aromatic rings. The molecule has 1 heterocycles. The molecule has 0 radical (unpaired) electrons. The van der Waals surface area contributed by atoms with E-state index in [0.717, 1.165) is 13.0 Å². The van der Waals surface area contributed by atoms with Crippen LogP contribution >= 0.6 is 0 Å². The Balaban J connectivity index is 2.08. The second kappa shape index (κ2) is 5.44.